The highest BCUT2D eigenvalue weighted by atomic mass is 16.3. The Balaban J connectivity index is 2.98. The van der Waals surface area contributed by atoms with Crippen molar-refractivity contribution >= 4 is 11.4 Å². The number of phenolic OH excluding ortho intramolecular Hbond substituents is 2. The smallest absolute Gasteiger partial charge is 0.123 e. The van der Waals surface area contributed by atoms with Crippen molar-refractivity contribution in [1.29, 1.82) is 0 Å². The van der Waals surface area contributed by atoms with E-state index < -0.39 is 0 Å². The van der Waals surface area contributed by atoms with Crippen molar-refractivity contribution in [3.05, 3.63) is 46.5 Å². The average molecular weight is 482 g/mol. The lowest BCUT2D eigenvalue weighted by atomic mass is 9.78. The topological polar surface area (TPSA) is 43.7 Å². The number of anilines is 2. The van der Waals surface area contributed by atoms with Crippen molar-refractivity contribution in [3.63, 3.8) is 0 Å². The van der Waals surface area contributed by atoms with Crippen LogP contribution in [0.2, 0.25) is 0 Å². The molecule has 2 N–H and O–H groups in total. The molecule has 0 aliphatic heterocycles. The Morgan fingerprint density at radius 3 is 0.943 bits per heavy atom. The molecule has 35 heavy (non-hydrogen) atoms. The fraction of sp³-hybridized carbons (Fsp3) is 0.625. The lowest BCUT2D eigenvalue weighted by Crippen LogP contribution is -2.26. The molecule has 0 aromatic heterocycles. The van der Waals surface area contributed by atoms with E-state index in [0.717, 1.165) is 40.2 Å². The van der Waals surface area contributed by atoms with Crippen molar-refractivity contribution in [2.45, 2.75) is 119 Å². The van der Waals surface area contributed by atoms with E-state index in [4.69, 9.17) is 0 Å². The van der Waals surface area contributed by atoms with Gasteiger partial charge in [0.2, 0.25) is 0 Å². The van der Waals surface area contributed by atoms with Crippen LogP contribution in [0.1, 0.15) is 119 Å². The number of hydrogen-bond acceptors (Lipinski definition) is 3. The van der Waals surface area contributed by atoms with Crippen LogP contribution in [0.4, 0.5) is 11.4 Å². The van der Waals surface area contributed by atoms with E-state index in [9.17, 15) is 10.2 Å². The predicted octanol–water partition coefficient (Wildman–Crippen LogP) is 9.08. The third kappa shape index (κ3) is 6.54. The molecule has 0 atom stereocenters. The highest BCUT2D eigenvalue weighted by Gasteiger charge is 2.31. The normalized spacial score (nSPS) is 13.5. The van der Waals surface area contributed by atoms with E-state index in [1.807, 2.05) is 0 Å². The Morgan fingerprint density at radius 1 is 0.543 bits per heavy atom. The molecule has 3 heteroatoms. The zero-order chi connectivity index (χ0) is 27.3. The SMILES string of the molecule is CC(C)CN(c1cc(C(C)(C)C)c(O)c(C(C)(C)C)c1)c1cc(C(C)(C)C)c(O)c(C(C)(C)C)c1. The maximum Gasteiger partial charge on any atom is 0.123 e. The largest absolute Gasteiger partial charge is 0.507 e. The van der Waals surface area contributed by atoms with Gasteiger partial charge in [0.25, 0.3) is 0 Å². The van der Waals surface area contributed by atoms with Crippen LogP contribution in [-0.4, -0.2) is 16.8 Å². The average Bonchev–Trinajstić information content (AvgIpc) is 2.62. The van der Waals surface area contributed by atoms with Gasteiger partial charge in [-0.1, -0.05) is 96.9 Å². The van der Waals surface area contributed by atoms with Gasteiger partial charge in [0.05, 0.1) is 0 Å². The number of hydrogen-bond donors (Lipinski definition) is 2. The Kier molecular flexibility index (Phi) is 7.79. The molecule has 0 unspecified atom stereocenters. The van der Waals surface area contributed by atoms with Gasteiger partial charge in [0, 0.05) is 40.2 Å². The van der Waals surface area contributed by atoms with E-state index >= 15 is 0 Å². The second-order valence-corrected chi connectivity index (χ2v) is 14.8. The molecule has 2 aromatic rings. The lowest BCUT2D eigenvalue weighted by Gasteiger charge is -2.35. The minimum absolute atomic E-state index is 0.203. The van der Waals surface area contributed by atoms with Crippen molar-refractivity contribution in [1.82, 2.24) is 0 Å². The molecule has 3 nitrogen and oxygen atoms in total. The van der Waals surface area contributed by atoms with Crippen LogP contribution >= 0.6 is 0 Å². The highest BCUT2D eigenvalue weighted by molar-refractivity contribution is 5.71. The second-order valence-electron chi connectivity index (χ2n) is 14.8. The Hall–Kier alpha value is -2.16. The molecule has 196 valence electrons. The predicted molar refractivity (Wildman–Crippen MR) is 153 cm³/mol. The van der Waals surface area contributed by atoms with E-state index in [1.165, 1.54) is 0 Å². The number of phenols is 2. The molecule has 0 radical (unpaired) electrons. The van der Waals surface area contributed by atoms with Gasteiger partial charge < -0.3 is 15.1 Å². The minimum Gasteiger partial charge on any atom is -0.507 e. The zero-order valence-electron chi connectivity index (χ0n) is 24.9. The molecule has 2 aromatic carbocycles. The van der Waals surface area contributed by atoms with Crippen LogP contribution < -0.4 is 4.90 Å². The first-order valence-corrected chi connectivity index (χ1v) is 13.1. The monoisotopic (exact) mass is 481 g/mol. The molecule has 0 amide bonds. The highest BCUT2D eigenvalue weighted by Crippen LogP contribution is 2.46. The Labute approximate surface area is 215 Å². The fourth-order valence-electron chi connectivity index (χ4n) is 4.56. The fourth-order valence-corrected chi connectivity index (χ4v) is 4.56. The Morgan fingerprint density at radius 2 is 0.771 bits per heavy atom. The summed E-state index contributed by atoms with van der Waals surface area (Å²) in [7, 11) is 0. The molecule has 0 aliphatic rings. The summed E-state index contributed by atoms with van der Waals surface area (Å²) in [5.74, 6) is 1.22. The van der Waals surface area contributed by atoms with E-state index in [0.29, 0.717) is 17.4 Å². The van der Waals surface area contributed by atoms with E-state index in [-0.39, 0.29) is 21.7 Å². The Bertz CT molecular complexity index is 899. The molecule has 0 bridgehead atoms. The third-order valence-corrected chi connectivity index (χ3v) is 6.59. The summed E-state index contributed by atoms with van der Waals surface area (Å²) in [6.07, 6.45) is 0. The van der Waals surface area contributed by atoms with Gasteiger partial charge in [0.15, 0.2) is 0 Å². The van der Waals surface area contributed by atoms with Gasteiger partial charge in [-0.25, -0.2) is 0 Å². The molecule has 0 saturated heterocycles. The number of nitrogens with zero attached hydrogens (tertiary/aromatic N) is 1. The number of aromatic hydroxyl groups is 2. The second kappa shape index (κ2) is 9.37. The first-order valence-electron chi connectivity index (χ1n) is 13.1. The van der Waals surface area contributed by atoms with Gasteiger partial charge in [0.1, 0.15) is 11.5 Å². The molecule has 0 heterocycles. The minimum atomic E-state index is -0.203. The zero-order valence-corrected chi connectivity index (χ0v) is 24.9. The van der Waals surface area contributed by atoms with Crippen molar-refractivity contribution < 1.29 is 10.2 Å². The van der Waals surface area contributed by atoms with Crippen LogP contribution in [0.25, 0.3) is 0 Å². The van der Waals surface area contributed by atoms with E-state index in [2.05, 4.69) is 126 Å². The van der Waals surface area contributed by atoms with Crippen molar-refractivity contribution in [2.75, 3.05) is 11.4 Å². The van der Waals surface area contributed by atoms with Crippen molar-refractivity contribution in [2.24, 2.45) is 5.92 Å². The van der Waals surface area contributed by atoms with Gasteiger partial charge in [-0.2, -0.15) is 0 Å². The van der Waals surface area contributed by atoms with Gasteiger partial charge in [-0.05, 0) is 51.8 Å². The third-order valence-electron chi connectivity index (χ3n) is 6.59. The molecule has 2 rings (SSSR count). The molecule has 0 aliphatic carbocycles. The first kappa shape index (κ1) is 29.1. The number of benzene rings is 2. The summed E-state index contributed by atoms with van der Waals surface area (Å²) in [6, 6.07) is 8.64. The summed E-state index contributed by atoms with van der Waals surface area (Å²) in [4.78, 5) is 2.37. The van der Waals surface area contributed by atoms with E-state index in [1.54, 1.807) is 0 Å². The van der Waals surface area contributed by atoms with Gasteiger partial charge >= 0.3 is 0 Å². The summed E-state index contributed by atoms with van der Waals surface area (Å²) < 4.78 is 0. The van der Waals surface area contributed by atoms with Crippen LogP contribution in [0.15, 0.2) is 24.3 Å². The molecular weight excluding hydrogens is 430 g/mol. The first-order chi connectivity index (χ1) is 15.5. The van der Waals surface area contributed by atoms with Crippen LogP contribution in [0.5, 0.6) is 11.5 Å². The van der Waals surface area contributed by atoms with Crippen LogP contribution in [0, 0.1) is 5.92 Å². The lowest BCUT2D eigenvalue weighted by molar-refractivity contribution is 0.423. The van der Waals surface area contributed by atoms with Gasteiger partial charge in [-0.3, -0.25) is 0 Å². The quantitative estimate of drug-likeness (QED) is 0.457. The van der Waals surface area contributed by atoms with Crippen molar-refractivity contribution in [3.8, 4) is 11.5 Å². The molecule has 0 fully saturated rings. The summed E-state index contributed by atoms with van der Waals surface area (Å²) in [5.41, 5.74) is 5.18. The number of rotatable bonds is 4. The molecule has 0 spiro atoms. The molecule has 0 saturated carbocycles. The van der Waals surface area contributed by atoms with Crippen LogP contribution in [-0.2, 0) is 21.7 Å². The standard InChI is InChI=1S/C32H51NO2/c1-20(2)19-33(21-15-23(29(3,4)5)27(34)24(16-21)30(6,7)8)22-17-25(31(9,10)11)28(35)26(18-22)32(12,13)14/h15-18,20,34-35H,19H2,1-14H3. The summed E-state index contributed by atoms with van der Waals surface area (Å²) >= 11 is 0. The van der Waals surface area contributed by atoms with Crippen LogP contribution in [0.3, 0.4) is 0 Å². The summed E-state index contributed by atoms with van der Waals surface area (Å²) in [6.45, 7) is 31.1. The summed E-state index contributed by atoms with van der Waals surface area (Å²) in [5, 5.41) is 22.6. The van der Waals surface area contributed by atoms with Gasteiger partial charge in [-0.15, -0.1) is 0 Å². The maximum absolute atomic E-state index is 11.3. The maximum atomic E-state index is 11.3. The molecular formula is C32H51NO2.